The molecule has 27 heavy (non-hydrogen) atoms. The number of methoxy groups -OCH3 is 1. The van der Waals surface area contributed by atoms with Crippen LogP contribution in [0.2, 0.25) is 0 Å². The van der Waals surface area contributed by atoms with Gasteiger partial charge in [0.2, 0.25) is 0 Å². The van der Waals surface area contributed by atoms with Gasteiger partial charge in [0.25, 0.3) is 0 Å². The van der Waals surface area contributed by atoms with Crippen molar-refractivity contribution in [3.8, 4) is 5.75 Å². The van der Waals surface area contributed by atoms with Crippen LogP contribution in [-0.2, 0) is 16.1 Å². The zero-order valence-corrected chi connectivity index (χ0v) is 15.9. The van der Waals surface area contributed by atoms with Gasteiger partial charge in [-0.25, -0.2) is 9.59 Å². The molecule has 1 aliphatic rings. The highest BCUT2D eigenvalue weighted by Crippen LogP contribution is 2.31. The summed E-state index contributed by atoms with van der Waals surface area (Å²) in [5, 5.41) is 17.4. The van der Waals surface area contributed by atoms with E-state index >= 15 is 0 Å². The Morgan fingerprint density at radius 3 is 2.26 bits per heavy atom. The molecule has 0 bridgehead atoms. The van der Waals surface area contributed by atoms with Gasteiger partial charge in [-0.05, 0) is 36.7 Å². The van der Waals surface area contributed by atoms with Crippen molar-refractivity contribution in [1.29, 1.82) is 0 Å². The fourth-order valence-corrected chi connectivity index (χ4v) is 3.57. The maximum Gasteiger partial charge on any atom is 0.414 e. The molecule has 0 amide bonds. The molecular formula is C21H27NO5. The Morgan fingerprint density at radius 1 is 1.04 bits per heavy atom. The molecule has 0 aromatic heterocycles. The third-order valence-electron chi connectivity index (χ3n) is 5.01. The summed E-state index contributed by atoms with van der Waals surface area (Å²) in [7, 11) is 4.03. The van der Waals surface area contributed by atoms with Gasteiger partial charge in [-0.15, -0.1) is 0 Å². The van der Waals surface area contributed by atoms with Gasteiger partial charge < -0.3 is 14.9 Å². The van der Waals surface area contributed by atoms with Crippen LogP contribution in [0.5, 0.6) is 5.75 Å². The monoisotopic (exact) mass is 373 g/mol. The first kappa shape index (κ1) is 20.7. The number of carbonyl (C=O) groups is 2. The van der Waals surface area contributed by atoms with Crippen LogP contribution in [0.1, 0.15) is 37.7 Å². The highest BCUT2D eigenvalue weighted by Gasteiger charge is 2.20. The van der Waals surface area contributed by atoms with Crippen molar-refractivity contribution >= 4 is 22.7 Å². The van der Waals surface area contributed by atoms with Gasteiger partial charge in [0.1, 0.15) is 5.75 Å². The summed E-state index contributed by atoms with van der Waals surface area (Å²) in [6, 6.07) is 13.6. The predicted octanol–water partition coefficient (Wildman–Crippen LogP) is 3.77. The average Bonchev–Trinajstić information content (AvgIpc) is 2.69. The molecule has 0 radical (unpaired) electrons. The molecule has 6 heteroatoms. The topological polar surface area (TPSA) is 87.1 Å². The van der Waals surface area contributed by atoms with E-state index < -0.39 is 11.9 Å². The molecule has 2 aromatic rings. The number of aliphatic carboxylic acids is 2. The van der Waals surface area contributed by atoms with Gasteiger partial charge in [0, 0.05) is 18.2 Å². The zero-order chi connectivity index (χ0) is 19.8. The van der Waals surface area contributed by atoms with Gasteiger partial charge in [0.15, 0.2) is 0 Å². The normalized spacial score (nSPS) is 14.5. The van der Waals surface area contributed by atoms with Crippen molar-refractivity contribution in [2.75, 3.05) is 14.2 Å². The Morgan fingerprint density at radius 2 is 1.67 bits per heavy atom. The van der Waals surface area contributed by atoms with Gasteiger partial charge in [0.05, 0.1) is 7.11 Å². The van der Waals surface area contributed by atoms with Crippen LogP contribution < -0.4 is 4.74 Å². The minimum absolute atomic E-state index is 0.724. The number of carboxylic acids is 2. The van der Waals surface area contributed by atoms with Crippen LogP contribution in [0.25, 0.3) is 10.8 Å². The van der Waals surface area contributed by atoms with Gasteiger partial charge in [-0.3, -0.25) is 4.90 Å². The minimum atomic E-state index is -1.82. The maximum absolute atomic E-state index is 9.10. The molecule has 0 atom stereocenters. The summed E-state index contributed by atoms with van der Waals surface area (Å²) in [6.07, 6.45) is 6.83. The molecule has 0 heterocycles. The van der Waals surface area contributed by atoms with E-state index in [1.807, 2.05) is 0 Å². The average molecular weight is 373 g/mol. The molecule has 2 N–H and O–H groups in total. The molecule has 1 saturated carbocycles. The number of fused-ring (bicyclic) bond motifs is 1. The van der Waals surface area contributed by atoms with Crippen molar-refractivity contribution < 1.29 is 24.5 Å². The lowest BCUT2D eigenvalue weighted by atomic mass is 9.94. The Balaban J connectivity index is 0.000000380. The molecule has 1 aliphatic carbocycles. The first-order chi connectivity index (χ1) is 12.9. The number of hydrogen-bond donors (Lipinski definition) is 2. The summed E-state index contributed by atoms with van der Waals surface area (Å²) >= 11 is 0. The first-order valence-corrected chi connectivity index (χ1v) is 9.15. The molecule has 6 nitrogen and oxygen atoms in total. The van der Waals surface area contributed by atoms with Crippen LogP contribution in [0.3, 0.4) is 0 Å². The molecule has 0 aliphatic heterocycles. The van der Waals surface area contributed by atoms with E-state index in [9.17, 15) is 0 Å². The third-order valence-corrected chi connectivity index (χ3v) is 5.01. The summed E-state index contributed by atoms with van der Waals surface area (Å²) in [4.78, 5) is 20.7. The predicted molar refractivity (Wildman–Crippen MR) is 104 cm³/mol. The van der Waals surface area contributed by atoms with Crippen LogP contribution >= 0.6 is 0 Å². The molecule has 1 fully saturated rings. The molecule has 146 valence electrons. The minimum Gasteiger partial charge on any atom is -0.496 e. The second kappa shape index (κ2) is 9.92. The second-order valence-electron chi connectivity index (χ2n) is 6.78. The SMILES string of the molecule is COc1ccc2ccccc2c1CN(C)C1CCCCC1.O=C(O)C(=O)O. The number of hydrogen-bond acceptors (Lipinski definition) is 4. The van der Waals surface area contributed by atoms with Crippen molar-refractivity contribution in [1.82, 2.24) is 4.90 Å². The van der Waals surface area contributed by atoms with Crippen LogP contribution in [-0.4, -0.2) is 47.3 Å². The molecule has 0 saturated heterocycles. The Bertz CT molecular complexity index is 771. The van der Waals surface area contributed by atoms with Crippen molar-refractivity contribution in [3.05, 3.63) is 42.0 Å². The van der Waals surface area contributed by atoms with Gasteiger partial charge in [-0.1, -0.05) is 49.6 Å². The molecule has 3 rings (SSSR count). The highest BCUT2D eigenvalue weighted by atomic mass is 16.5. The van der Waals surface area contributed by atoms with Crippen LogP contribution in [0.4, 0.5) is 0 Å². The van der Waals surface area contributed by atoms with Crippen molar-refractivity contribution in [2.24, 2.45) is 0 Å². The van der Waals surface area contributed by atoms with Crippen LogP contribution in [0.15, 0.2) is 36.4 Å². The lowest BCUT2D eigenvalue weighted by Crippen LogP contribution is -2.33. The summed E-state index contributed by atoms with van der Waals surface area (Å²) in [5.74, 6) is -2.64. The summed E-state index contributed by atoms with van der Waals surface area (Å²) in [5.41, 5.74) is 1.32. The Labute approximate surface area is 159 Å². The number of nitrogens with zero attached hydrogens (tertiary/aromatic N) is 1. The second-order valence-corrected chi connectivity index (χ2v) is 6.78. The molecule has 0 unspecified atom stereocenters. The van der Waals surface area contributed by atoms with E-state index in [2.05, 4.69) is 48.3 Å². The number of rotatable bonds is 4. The van der Waals surface area contributed by atoms with E-state index in [0.29, 0.717) is 0 Å². The van der Waals surface area contributed by atoms with E-state index in [-0.39, 0.29) is 0 Å². The highest BCUT2D eigenvalue weighted by molar-refractivity contribution is 6.27. The maximum atomic E-state index is 9.10. The lowest BCUT2D eigenvalue weighted by Gasteiger charge is -2.31. The van der Waals surface area contributed by atoms with E-state index in [1.165, 1.54) is 48.4 Å². The standard InChI is InChI=1S/C19H25NO.C2H2O4/c1-20(16-9-4-3-5-10-16)14-18-17-11-7-6-8-15(17)12-13-19(18)21-2;3-1(4)2(5)6/h6-8,11-13,16H,3-5,9-10,14H2,1-2H3;(H,3,4)(H,5,6). The van der Waals surface area contributed by atoms with Crippen LogP contribution in [0, 0.1) is 0 Å². The fraction of sp³-hybridized carbons (Fsp3) is 0.429. The number of benzene rings is 2. The molecular weight excluding hydrogens is 346 g/mol. The molecule has 0 spiro atoms. The lowest BCUT2D eigenvalue weighted by molar-refractivity contribution is -0.159. The molecule has 2 aromatic carbocycles. The van der Waals surface area contributed by atoms with E-state index in [0.717, 1.165) is 18.3 Å². The largest absolute Gasteiger partial charge is 0.496 e. The summed E-state index contributed by atoms with van der Waals surface area (Å²) < 4.78 is 5.61. The van der Waals surface area contributed by atoms with Gasteiger partial charge >= 0.3 is 11.9 Å². The van der Waals surface area contributed by atoms with E-state index in [4.69, 9.17) is 24.5 Å². The summed E-state index contributed by atoms with van der Waals surface area (Å²) in [6.45, 7) is 0.967. The van der Waals surface area contributed by atoms with E-state index in [1.54, 1.807) is 7.11 Å². The third kappa shape index (κ3) is 5.69. The quantitative estimate of drug-likeness (QED) is 0.794. The van der Waals surface area contributed by atoms with Crippen molar-refractivity contribution in [3.63, 3.8) is 0 Å². The Kier molecular flexibility index (Phi) is 7.61. The number of carboxylic acid groups (broad SMARTS) is 2. The van der Waals surface area contributed by atoms with Gasteiger partial charge in [-0.2, -0.15) is 0 Å². The number of ether oxygens (including phenoxy) is 1. The fourth-order valence-electron chi connectivity index (χ4n) is 3.57. The Hall–Kier alpha value is -2.60. The zero-order valence-electron chi connectivity index (χ0n) is 15.9. The first-order valence-electron chi connectivity index (χ1n) is 9.15. The van der Waals surface area contributed by atoms with Crippen molar-refractivity contribution in [2.45, 2.75) is 44.7 Å². The smallest absolute Gasteiger partial charge is 0.414 e.